The molecule has 1 rings (SSSR count). The van der Waals surface area contributed by atoms with Gasteiger partial charge in [-0.1, -0.05) is 13.3 Å². The average molecular weight is 250 g/mol. The number of carbonyl (C=O) groups excluding carboxylic acids is 1. The lowest BCUT2D eigenvalue weighted by Gasteiger charge is -2.32. The number of carbonyl (C=O) groups is 1. The second-order valence-electron chi connectivity index (χ2n) is 4.57. The normalized spacial score (nSPS) is 17.4. The third-order valence-corrected chi connectivity index (χ3v) is 3.06. The minimum atomic E-state index is -0.158. The lowest BCUT2D eigenvalue weighted by molar-refractivity contribution is -0.128. The topological polar surface area (TPSA) is 59.4 Å². The molecular weight excluding hydrogens is 228 g/mol. The van der Waals surface area contributed by atoms with E-state index in [1.54, 1.807) is 11.1 Å². The zero-order valence-corrected chi connectivity index (χ0v) is 11.3. The summed E-state index contributed by atoms with van der Waals surface area (Å²) in [6.07, 6.45) is 3.68. The number of nitrogens with zero attached hydrogens (tertiary/aromatic N) is 3. The fourth-order valence-corrected chi connectivity index (χ4v) is 1.77. The standard InChI is InChI=1S/C13H22N4O/c1-3-4-5-15-11-12(10-14)13(18)17-8-6-16(2)7-9-17/h11,15H,3-9H2,1-2H3/b12-11-. The SMILES string of the molecule is CCCCN/C=C(/C#N)C(=O)N1CCN(C)CC1. The number of nitriles is 1. The first kappa shape index (κ1) is 14.5. The molecule has 0 aromatic rings. The molecule has 0 saturated carbocycles. The summed E-state index contributed by atoms with van der Waals surface area (Å²) in [7, 11) is 2.04. The molecule has 1 saturated heterocycles. The highest BCUT2D eigenvalue weighted by atomic mass is 16.2. The monoisotopic (exact) mass is 250 g/mol. The first-order valence-electron chi connectivity index (χ1n) is 6.50. The molecule has 0 aromatic heterocycles. The summed E-state index contributed by atoms with van der Waals surface area (Å²) in [6, 6.07) is 1.98. The summed E-state index contributed by atoms with van der Waals surface area (Å²) in [5.74, 6) is -0.158. The lowest BCUT2D eigenvalue weighted by Crippen LogP contribution is -2.47. The molecule has 0 aliphatic carbocycles. The molecule has 1 heterocycles. The fraction of sp³-hybridized carbons (Fsp3) is 0.692. The summed E-state index contributed by atoms with van der Waals surface area (Å²) in [5, 5.41) is 12.0. The summed E-state index contributed by atoms with van der Waals surface area (Å²) >= 11 is 0. The van der Waals surface area contributed by atoms with Crippen LogP contribution in [-0.2, 0) is 4.79 Å². The van der Waals surface area contributed by atoms with E-state index >= 15 is 0 Å². The van der Waals surface area contributed by atoms with Gasteiger partial charge in [-0.25, -0.2) is 0 Å². The van der Waals surface area contributed by atoms with Gasteiger partial charge in [0.2, 0.25) is 0 Å². The Balaban J connectivity index is 2.49. The van der Waals surface area contributed by atoms with E-state index in [9.17, 15) is 4.79 Å². The molecule has 1 amide bonds. The second-order valence-corrected chi connectivity index (χ2v) is 4.57. The number of nitrogens with one attached hydrogen (secondary N) is 1. The van der Waals surface area contributed by atoms with E-state index in [-0.39, 0.29) is 11.5 Å². The maximum Gasteiger partial charge on any atom is 0.266 e. The Labute approximate surface area is 109 Å². The molecule has 1 aliphatic heterocycles. The van der Waals surface area contributed by atoms with Crippen LogP contribution >= 0.6 is 0 Å². The van der Waals surface area contributed by atoms with Crippen molar-refractivity contribution >= 4 is 5.91 Å². The first-order valence-corrected chi connectivity index (χ1v) is 6.50. The molecule has 0 spiro atoms. The van der Waals surface area contributed by atoms with E-state index in [0.29, 0.717) is 13.1 Å². The highest BCUT2D eigenvalue weighted by molar-refractivity contribution is 5.97. The van der Waals surface area contributed by atoms with Gasteiger partial charge in [-0.15, -0.1) is 0 Å². The zero-order valence-electron chi connectivity index (χ0n) is 11.3. The van der Waals surface area contributed by atoms with Crippen LogP contribution in [0.1, 0.15) is 19.8 Å². The lowest BCUT2D eigenvalue weighted by atomic mass is 10.2. The molecule has 0 bridgehead atoms. The number of rotatable bonds is 5. The van der Waals surface area contributed by atoms with Crippen LogP contribution in [0.4, 0.5) is 0 Å². The van der Waals surface area contributed by atoms with Crippen molar-refractivity contribution in [2.24, 2.45) is 0 Å². The second kappa shape index (κ2) is 7.72. The Morgan fingerprint density at radius 3 is 2.61 bits per heavy atom. The van der Waals surface area contributed by atoms with Crippen LogP contribution in [0, 0.1) is 11.3 Å². The molecule has 1 N–H and O–H groups in total. The van der Waals surface area contributed by atoms with Crippen molar-refractivity contribution in [3.63, 3.8) is 0 Å². The Morgan fingerprint density at radius 1 is 1.39 bits per heavy atom. The smallest absolute Gasteiger partial charge is 0.266 e. The van der Waals surface area contributed by atoms with Crippen molar-refractivity contribution in [3.05, 3.63) is 11.8 Å². The molecule has 5 heteroatoms. The van der Waals surface area contributed by atoms with Gasteiger partial charge in [0, 0.05) is 38.9 Å². The predicted molar refractivity (Wildman–Crippen MR) is 70.7 cm³/mol. The van der Waals surface area contributed by atoms with Gasteiger partial charge in [0.25, 0.3) is 5.91 Å². The minimum Gasteiger partial charge on any atom is -0.390 e. The number of hydrogen-bond acceptors (Lipinski definition) is 4. The van der Waals surface area contributed by atoms with Crippen LogP contribution in [0.3, 0.4) is 0 Å². The van der Waals surface area contributed by atoms with Gasteiger partial charge in [0.1, 0.15) is 11.6 Å². The van der Waals surface area contributed by atoms with Crippen molar-refractivity contribution < 1.29 is 4.79 Å². The maximum absolute atomic E-state index is 12.1. The van der Waals surface area contributed by atoms with E-state index in [4.69, 9.17) is 5.26 Å². The predicted octanol–water partition coefficient (Wildman–Crippen LogP) is 0.558. The number of piperazine rings is 1. The van der Waals surface area contributed by atoms with Gasteiger partial charge in [0.05, 0.1) is 0 Å². The minimum absolute atomic E-state index is 0.158. The Bertz CT molecular complexity index is 337. The van der Waals surface area contributed by atoms with Crippen molar-refractivity contribution in [3.8, 4) is 6.07 Å². The molecule has 100 valence electrons. The van der Waals surface area contributed by atoms with E-state index in [1.807, 2.05) is 13.1 Å². The van der Waals surface area contributed by atoms with Crippen LogP contribution in [0.15, 0.2) is 11.8 Å². The van der Waals surface area contributed by atoms with Crippen LogP contribution in [-0.4, -0.2) is 55.5 Å². The van der Waals surface area contributed by atoms with Gasteiger partial charge in [-0.3, -0.25) is 4.79 Å². The first-order chi connectivity index (χ1) is 8.69. The van der Waals surface area contributed by atoms with Gasteiger partial charge < -0.3 is 15.1 Å². The molecule has 0 unspecified atom stereocenters. The van der Waals surface area contributed by atoms with Crippen molar-refractivity contribution in [1.29, 1.82) is 5.26 Å². The van der Waals surface area contributed by atoms with Crippen molar-refractivity contribution in [2.75, 3.05) is 39.8 Å². The maximum atomic E-state index is 12.1. The quantitative estimate of drug-likeness (QED) is 0.440. The molecule has 0 atom stereocenters. The van der Waals surface area contributed by atoms with Crippen LogP contribution in [0.25, 0.3) is 0 Å². The van der Waals surface area contributed by atoms with Gasteiger partial charge in [0.15, 0.2) is 0 Å². The van der Waals surface area contributed by atoms with Crippen molar-refractivity contribution in [1.82, 2.24) is 15.1 Å². The van der Waals surface area contributed by atoms with Gasteiger partial charge >= 0.3 is 0 Å². The summed E-state index contributed by atoms with van der Waals surface area (Å²) < 4.78 is 0. The van der Waals surface area contributed by atoms with E-state index in [2.05, 4.69) is 17.1 Å². The highest BCUT2D eigenvalue weighted by Gasteiger charge is 2.21. The van der Waals surface area contributed by atoms with E-state index < -0.39 is 0 Å². The van der Waals surface area contributed by atoms with Gasteiger partial charge in [-0.05, 0) is 13.5 Å². The van der Waals surface area contributed by atoms with Crippen molar-refractivity contribution in [2.45, 2.75) is 19.8 Å². The Hall–Kier alpha value is -1.54. The van der Waals surface area contributed by atoms with Crippen LogP contribution in [0.5, 0.6) is 0 Å². The number of likely N-dealkylation sites (N-methyl/N-ethyl adjacent to an activating group) is 1. The van der Waals surface area contributed by atoms with Crippen LogP contribution in [0.2, 0.25) is 0 Å². The number of unbranched alkanes of at least 4 members (excludes halogenated alkanes) is 1. The Morgan fingerprint density at radius 2 is 2.06 bits per heavy atom. The molecule has 0 aromatic carbocycles. The molecule has 0 radical (unpaired) electrons. The Kier molecular flexibility index (Phi) is 6.23. The molecule has 1 aliphatic rings. The van der Waals surface area contributed by atoms with Crippen LogP contribution < -0.4 is 5.32 Å². The van der Waals surface area contributed by atoms with E-state index in [0.717, 1.165) is 32.5 Å². The largest absolute Gasteiger partial charge is 0.390 e. The summed E-state index contributed by atoms with van der Waals surface area (Å²) in [4.78, 5) is 16.0. The molecule has 5 nitrogen and oxygen atoms in total. The van der Waals surface area contributed by atoms with E-state index in [1.165, 1.54) is 0 Å². The zero-order chi connectivity index (χ0) is 13.4. The number of amides is 1. The average Bonchev–Trinajstić information content (AvgIpc) is 2.39. The fourth-order valence-electron chi connectivity index (χ4n) is 1.77. The third-order valence-electron chi connectivity index (χ3n) is 3.06. The summed E-state index contributed by atoms with van der Waals surface area (Å²) in [6.45, 7) is 6.04. The third kappa shape index (κ3) is 4.38. The summed E-state index contributed by atoms with van der Waals surface area (Å²) in [5.41, 5.74) is 0.204. The van der Waals surface area contributed by atoms with Gasteiger partial charge in [-0.2, -0.15) is 5.26 Å². The number of hydrogen-bond donors (Lipinski definition) is 1. The molecule has 18 heavy (non-hydrogen) atoms. The molecule has 1 fully saturated rings. The highest BCUT2D eigenvalue weighted by Crippen LogP contribution is 2.05. The molecular formula is C13H22N4O.